The molecule has 0 bridgehead atoms. The Morgan fingerprint density at radius 1 is 1.18 bits per heavy atom. The van der Waals surface area contributed by atoms with Gasteiger partial charge in [-0.15, -0.1) is 0 Å². The van der Waals surface area contributed by atoms with Crippen molar-refractivity contribution in [2.24, 2.45) is 11.8 Å². The molecule has 0 aromatic heterocycles. The Morgan fingerprint density at radius 2 is 2.00 bits per heavy atom. The molecular formula is C15H30N2. The van der Waals surface area contributed by atoms with Crippen molar-refractivity contribution >= 4 is 0 Å². The van der Waals surface area contributed by atoms with Crippen LogP contribution in [0.2, 0.25) is 0 Å². The summed E-state index contributed by atoms with van der Waals surface area (Å²) in [7, 11) is 0. The molecule has 2 fully saturated rings. The number of nitrogens with one attached hydrogen (secondary N) is 1. The fraction of sp³-hybridized carbons (Fsp3) is 1.00. The van der Waals surface area contributed by atoms with Gasteiger partial charge in [-0.1, -0.05) is 33.6 Å². The maximum Gasteiger partial charge on any atom is 0.0235 e. The zero-order valence-electron chi connectivity index (χ0n) is 11.9. The predicted molar refractivity (Wildman–Crippen MR) is 74.2 cm³/mol. The van der Waals surface area contributed by atoms with E-state index in [0.29, 0.717) is 0 Å². The van der Waals surface area contributed by atoms with Gasteiger partial charge in [0.05, 0.1) is 0 Å². The molecule has 1 heterocycles. The average molecular weight is 238 g/mol. The highest BCUT2D eigenvalue weighted by Gasteiger charge is 2.32. The van der Waals surface area contributed by atoms with Crippen LogP contribution in [-0.2, 0) is 0 Å². The van der Waals surface area contributed by atoms with Crippen molar-refractivity contribution in [3.8, 4) is 0 Å². The first-order valence-corrected chi connectivity index (χ1v) is 7.68. The van der Waals surface area contributed by atoms with Gasteiger partial charge in [-0.25, -0.2) is 0 Å². The largest absolute Gasteiger partial charge is 0.315 e. The van der Waals surface area contributed by atoms with Gasteiger partial charge < -0.3 is 5.32 Å². The summed E-state index contributed by atoms with van der Waals surface area (Å²) >= 11 is 0. The van der Waals surface area contributed by atoms with Crippen LogP contribution in [0.4, 0.5) is 0 Å². The van der Waals surface area contributed by atoms with E-state index in [4.69, 9.17) is 0 Å². The third kappa shape index (κ3) is 3.23. The number of likely N-dealkylation sites (N-methyl/N-ethyl adjacent to an activating group) is 1. The highest BCUT2D eigenvalue weighted by atomic mass is 15.2. The number of nitrogens with zero attached hydrogens (tertiary/aromatic N) is 1. The maximum absolute atomic E-state index is 3.52. The lowest BCUT2D eigenvalue weighted by Gasteiger charge is -2.41. The van der Waals surface area contributed by atoms with Gasteiger partial charge in [-0.3, -0.25) is 4.90 Å². The van der Waals surface area contributed by atoms with Gasteiger partial charge in [0.25, 0.3) is 0 Å². The van der Waals surface area contributed by atoms with E-state index in [-0.39, 0.29) is 0 Å². The molecule has 17 heavy (non-hydrogen) atoms. The van der Waals surface area contributed by atoms with Crippen LogP contribution in [0.5, 0.6) is 0 Å². The van der Waals surface area contributed by atoms with Crippen molar-refractivity contribution < 1.29 is 0 Å². The summed E-state index contributed by atoms with van der Waals surface area (Å²) in [5, 5.41) is 3.52. The third-order valence-electron chi connectivity index (χ3n) is 4.97. The number of rotatable bonds is 4. The number of hydrogen-bond donors (Lipinski definition) is 1. The van der Waals surface area contributed by atoms with Gasteiger partial charge in [0.15, 0.2) is 0 Å². The lowest BCUT2D eigenvalue weighted by molar-refractivity contribution is 0.0864. The molecule has 3 unspecified atom stereocenters. The highest BCUT2D eigenvalue weighted by Crippen LogP contribution is 2.33. The van der Waals surface area contributed by atoms with E-state index in [1.54, 1.807) is 0 Å². The molecule has 2 nitrogen and oxygen atoms in total. The molecule has 1 N–H and O–H groups in total. The highest BCUT2D eigenvalue weighted by molar-refractivity contribution is 4.88. The summed E-state index contributed by atoms with van der Waals surface area (Å²) in [5.74, 6) is 1.84. The Morgan fingerprint density at radius 3 is 2.59 bits per heavy atom. The standard InChI is InChI=1S/C15H30N2/c1-4-17(15-8-9-16-11-15)14-7-5-6-13(10-14)12(2)3/h12-16H,4-11H2,1-3H3. The molecule has 2 heteroatoms. The van der Waals surface area contributed by atoms with Crippen molar-refractivity contribution in [1.29, 1.82) is 0 Å². The summed E-state index contributed by atoms with van der Waals surface area (Å²) in [4.78, 5) is 2.80. The van der Waals surface area contributed by atoms with Crippen LogP contribution in [0.1, 0.15) is 52.9 Å². The van der Waals surface area contributed by atoms with Crippen molar-refractivity contribution in [2.75, 3.05) is 19.6 Å². The minimum atomic E-state index is 0.816. The molecule has 2 aliphatic rings. The van der Waals surface area contributed by atoms with Crippen LogP contribution in [-0.4, -0.2) is 36.6 Å². The molecule has 0 aromatic rings. The van der Waals surface area contributed by atoms with Gasteiger partial charge >= 0.3 is 0 Å². The smallest absolute Gasteiger partial charge is 0.0235 e. The summed E-state index contributed by atoms with van der Waals surface area (Å²) in [5.41, 5.74) is 0. The number of hydrogen-bond acceptors (Lipinski definition) is 2. The van der Waals surface area contributed by atoms with E-state index in [2.05, 4.69) is 31.0 Å². The molecule has 0 aromatic carbocycles. The minimum Gasteiger partial charge on any atom is -0.315 e. The molecular weight excluding hydrogens is 208 g/mol. The Bertz CT molecular complexity index is 221. The predicted octanol–water partition coefficient (Wildman–Crippen LogP) is 2.89. The second kappa shape index (κ2) is 6.19. The van der Waals surface area contributed by atoms with E-state index in [0.717, 1.165) is 23.9 Å². The van der Waals surface area contributed by atoms with Crippen LogP contribution in [0.15, 0.2) is 0 Å². The molecule has 0 amide bonds. The first-order chi connectivity index (χ1) is 8.22. The van der Waals surface area contributed by atoms with Crippen molar-refractivity contribution in [2.45, 2.75) is 65.0 Å². The Balaban J connectivity index is 1.93. The SMILES string of the molecule is CCN(C1CCNC1)C1CCCC(C(C)C)C1. The topological polar surface area (TPSA) is 15.3 Å². The minimum absolute atomic E-state index is 0.816. The summed E-state index contributed by atoms with van der Waals surface area (Å²) < 4.78 is 0. The molecule has 2 rings (SSSR count). The van der Waals surface area contributed by atoms with Crippen LogP contribution >= 0.6 is 0 Å². The molecule has 1 saturated heterocycles. The molecule has 1 saturated carbocycles. The molecule has 1 aliphatic heterocycles. The van der Waals surface area contributed by atoms with E-state index < -0.39 is 0 Å². The summed E-state index contributed by atoms with van der Waals surface area (Å²) in [6, 6.07) is 1.68. The third-order valence-corrected chi connectivity index (χ3v) is 4.97. The maximum atomic E-state index is 3.52. The fourth-order valence-corrected chi connectivity index (χ4v) is 3.84. The fourth-order valence-electron chi connectivity index (χ4n) is 3.84. The van der Waals surface area contributed by atoms with Gasteiger partial charge in [0.2, 0.25) is 0 Å². The Labute approximate surface area is 107 Å². The van der Waals surface area contributed by atoms with Gasteiger partial charge in [-0.05, 0) is 44.2 Å². The molecule has 0 spiro atoms. The van der Waals surface area contributed by atoms with Gasteiger partial charge in [0.1, 0.15) is 0 Å². The summed E-state index contributed by atoms with van der Waals surface area (Å²) in [6.07, 6.45) is 7.16. The van der Waals surface area contributed by atoms with Crippen molar-refractivity contribution in [1.82, 2.24) is 10.2 Å². The molecule has 0 radical (unpaired) electrons. The van der Waals surface area contributed by atoms with Crippen LogP contribution in [0, 0.1) is 11.8 Å². The van der Waals surface area contributed by atoms with Crippen LogP contribution < -0.4 is 5.32 Å². The average Bonchev–Trinajstić information content (AvgIpc) is 2.84. The first-order valence-electron chi connectivity index (χ1n) is 7.68. The first kappa shape index (κ1) is 13.4. The van der Waals surface area contributed by atoms with Crippen LogP contribution in [0.25, 0.3) is 0 Å². The summed E-state index contributed by atoms with van der Waals surface area (Å²) in [6.45, 7) is 10.8. The lowest BCUT2D eigenvalue weighted by Crippen LogP contribution is -2.46. The monoisotopic (exact) mass is 238 g/mol. The van der Waals surface area contributed by atoms with Crippen molar-refractivity contribution in [3.63, 3.8) is 0 Å². The van der Waals surface area contributed by atoms with E-state index >= 15 is 0 Å². The van der Waals surface area contributed by atoms with Crippen molar-refractivity contribution in [3.05, 3.63) is 0 Å². The van der Waals surface area contributed by atoms with Gasteiger partial charge in [-0.2, -0.15) is 0 Å². The zero-order valence-corrected chi connectivity index (χ0v) is 11.9. The molecule has 1 aliphatic carbocycles. The zero-order chi connectivity index (χ0) is 12.3. The Kier molecular flexibility index (Phi) is 4.87. The molecule has 100 valence electrons. The quantitative estimate of drug-likeness (QED) is 0.810. The van der Waals surface area contributed by atoms with E-state index in [1.807, 2.05) is 0 Å². The van der Waals surface area contributed by atoms with E-state index in [1.165, 1.54) is 51.7 Å². The second-order valence-corrected chi connectivity index (χ2v) is 6.30. The van der Waals surface area contributed by atoms with E-state index in [9.17, 15) is 0 Å². The Hall–Kier alpha value is -0.0800. The van der Waals surface area contributed by atoms with Gasteiger partial charge in [0, 0.05) is 18.6 Å². The second-order valence-electron chi connectivity index (χ2n) is 6.30. The molecule has 3 atom stereocenters. The van der Waals surface area contributed by atoms with Crippen LogP contribution in [0.3, 0.4) is 0 Å². The lowest BCUT2D eigenvalue weighted by atomic mass is 9.78. The normalized spacial score (nSPS) is 34.8.